The molecule has 76 valence electrons. The summed E-state index contributed by atoms with van der Waals surface area (Å²) in [6.45, 7) is 1.86. The van der Waals surface area contributed by atoms with Gasteiger partial charge in [-0.05, 0) is 30.5 Å². The monoisotopic (exact) mass is 217 g/mol. The quantitative estimate of drug-likeness (QED) is 0.740. The highest BCUT2D eigenvalue weighted by atomic mass is 32.1. The molecule has 0 radical (unpaired) electrons. The van der Waals surface area contributed by atoms with Crippen LogP contribution in [-0.2, 0) is 6.42 Å². The normalized spacial score (nSPS) is 10.2. The van der Waals surface area contributed by atoms with Crippen molar-refractivity contribution >= 4 is 17.1 Å². The minimum atomic E-state index is 0.142. The smallest absolute Gasteiger partial charge is 0.169 e. The van der Waals surface area contributed by atoms with Crippen LogP contribution in [0.15, 0.2) is 35.8 Å². The fraction of sp³-hybridized carbons (Fsp3) is 0.167. The molecule has 0 aliphatic heterocycles. The lowest BCUT2D eigenvalue weighted by Crippen LogP contribution is -2.05. The first-order valence-electron chi connectivity index (χ1n) is 4.74. The average molecular weight is 217 g/mol. The van der Waals surface area contributed by atoms with Crippen LogP contribution in [0.3, 0.4) is 0 Å². The van der Waals surface area contributed by atoms with Gasteiger partial charge in [-0.25, -0.2) is 0 Å². The minimum Gasteiger partial charge on any atom is -0.294 e. The summed E-state index contributed by atoms with van der Waals surface area (Å²) in [6, 6.07) is 7.57. The van der Waals surface area contributed by atoms with Crippen LogP contribution in [0, 0.1) is 6.92 Å². The van der Waals surface area contributed by atoms with E-state index in [2.05, 4.69) is 4.98 Å². The third-order valence-corrected chi connectivity index (χ3v) is 3.10. The molecule has 2 nitrogen and oxygen atoms in total. The second-order valence-corrected chi connectivity index (χ2v) is 4.35. The number of ketones is 1. The maximum absolute atomic E-state index is 11.9. The van der Waals surface area contributed by atoms with Crippen molar-refractivity contribution in [3.63, 3.8) is 0 Å². The number of hydrogen-bond acceptors (Lipinski definition) is 3. The molecule has 2 heterocycles. The van der Waals surface area contributed by atoms with Crippen LogP contribution in [0.25, 0.3) is 0 Å². The van der Waals surface area contributed by atoms with Crippen LogP contribution in [-0.4, -0.2) is 10.8 Å². The molecular weight excluding hydrogens is 206 g/mol. The first-order chi connectivity index (χ1) is 7.27. The summed E-state index contributed by atoms with van der Waals surface area (Å²) in [5.74, 6) is 0.142. The molecular formula is C12H11NOS. The molecule has 2 aromatic heterocycles. The van der Waals surface area contributed by atoms with Crippen LogP contribution in [0.5, 0.6) is 0 Å². The average Bonchev–Trinajstić information content (AvgIpc) is 2.71. The topological polar surface area (TPSA) is 30.0 Å². The zero-order valence-corrected chi connectivity index (χ0v) is 9.25. The number of hydrogen-bond donors (Lipinski definition) is 0. The molecule has 0 fully saturated rings. The van der Waals surface area contributed by atoms with Gasteiger partial charge in [0, 0.05) is 28.8 Å². The maximum atomic E-state index is 11.9. The zero-order valence-electron chi connectivity index (χ0n) is 8.43. The lowest BCUT2D eigenvalue weighted by atomic mass is 10.1. The Morgan fingerprint density at radius 2 is 2.27 bits per heavy atom. The van der Waals surface area contributed by atoms with Crippen molar-refractivity contribution in [2.45, 2.75) is 13.3 Å². The molecule has 15 heavy (non-hydrogen) atoms. The number of aromatic nitrogens is 1. The second kappa shape index (κ2) is 4.36. The lowest BCUT2D eigenvalue weighted by molar-refractivity contribution is 0.0993. The minimum absolute atomic E-state index is 0.142. The summed E-state index contributed by atoms with van der Waals surface area (Å²) >= 11 is 1.61. The van der Waals surface area contributed by atoms with Gasteiger partial charge in [-0.15, -0.1) is 11.3 Å². The van der Waals surface area contributed by atoms with Crippen LogP contribution >= 0.6 is 11.3 Å². The first kappa shape index (κ1) is 10.1. The number of nitrogens with zero attached hydrogens (tertiary/aromatic N) is 1. The highest BCUT2D eigenvalue weighted by molar-refractivity contribution is 7.10. The fourth-order valence-corrected chi connectivity index (χ4v) is 2.15. The summed E-state index contributed by atoms with van der Waals surface area (Å²) in [5.41, 5.74) is 1.53. The third kappa shape index (κ3) is 2.30. The summed E-state index contributed by atoms with van der Waals surface area (Å²) in [4.78, 5) is 17.1. The van der Waals surface area contributed by atoms with E-state index in [1.54, 1.807) is 23.6 Å². The van der Waals surface area contributed by atoms with Crippen molar-refractivity contribution in [1.82, 2.24) is 4.98 Å². The van der Waals surface area contributed by atoms with Crippen molar-refractivity contribution in [1.29, 1.82) is 0 Å². The van der Waals surface area contributed by atoms with Gasteiger partial charge in [0.2, 0.25) is 0 Å². The number of carbonyl (C=O) groups is 1. The Morgan fingerprint density at radius 3 is 2.93 bits per heavy atom. The molecule has 0 saturated heterocycles. The SMILES string of the molecule is Cc1ncccc1C(=O)Cc1cccs1. The van der Waals surface area contributed by atoms with Crippen LogP contribution in [0.2, 0.25) is 0 Å². The Morgan fingerprint density at radius 1 is 1.40 bits per heavy atom. The number of rotatable bonds is 3. The lowest BCUT2D eigenvalue weighted by Gasteiger charge is -2.01. The van der Waals surface area contributed by atoms with Crippen LogP contribution in [0.1, 0.15) is 20.9 Å². The van der Waals surface area contributed by atoms with Gasteiger partial charge in [0.1, 0.15) is 0 Å². The predicted octanol–water partition coefficient (Wildman–Crippen LogP) is 2.88. The van der Waals surface area contributed by atoms with Crippen molar-refractivity contribution in [2.24, 2.45) is 0 Å². The first-order valence-corrected chi connectivity index (χ1v) is 5.62. The number of carbonyl (C=O) groups excluding carboxylic acids is 1. The molecule has 2 rings (SSSR count). The second-order valence-electron chi connectivity index (χ2n) is 3.32. The zero-order chi connectivity index (χ0) is 10.7. The van der Waals surface area contributed by atoms with Gasteiger partial charge >= 0.3 is 0 Å². The fourth-order valence-electron chi connectivity index (χ4n) is 1.45. The summed E-state index contributed by atoms with van der Waals surface area (Å²) in [6.07, 6.45) is 2.18. The number of pyridine rings is 1. The molecule has 0 N–H and O–H groups in total. The molecule has 2 aromatic rings. The van der Waals surface area contributed by atoms with Gasteiger partial charge in [-0.2, -0.15) is 0 Å². The standard InChI is InChI=1S/C12H11NOS/c1-9-11(5-2-6-13-9)12(14)8-10-4-3-7-15-10/h2-7H,8H2,1H3. The number of thiophene rings is 1. The van der Waals surface area contributed by atoms with Gasteiger partial charge in [0.05, 0.1) is 0 Å². The van der Waals surface area contributed by atoms with Crippen molar-refractivity contribution in [3.8, 4) is 0 Å². The van der Waals surface area contributed by atoms with E-state index in [4.69, 9.17) is 0 Å². The van der Waals surface area contributed by atoms with Gasteiger partial charge in [-0.3, -0.25) is 9.78 Å². The van der Waals surface area contributed by atoms with Crippen molar-refractivity contribution < 1.29 is 4.79 Å². The van der Waals surface area contributed by atoms with E-state index in [0.29, 0.717) is 6.42 Å². The van der Waals surface area contributed by atoms with Gasteiger partial charge in [-0.1, -0.05) is 6.07 Å². The van der Waals surface area contributed by atoms with Crippen LogP contribution < -0.4 is 0 Å². The van der Waals surface area contributed by atoms with E-state index < -0.39 is 0 Å². The van der Waals surface area contributed by atoms with E-state index >= 15 is 0 Å². The molecule has 3 heteroatoms. The van der Waals surface area contributed by atoms with E-state index in [1.165, 1.54) is 0 Å². The Labute approximate surface area is 92.6 Å². The van der Waals surface area contributed by atoms with E-state index in [-0.39, 0.29) is 5.78 Å². The van der Waals surface area contributed by atoms with E-state index in [0.717, 1.165) is 16.1 Å². The van der Waals surface area contributed by atoms with Crippen LogP contribution in [0.4, 0.5) is 0 Å². The largest absolute Gasteiger partial charge is 0.294 e. The molecule has 0 spiro atoms. The number of aryl methyl sites for hydroxylation is 1. The highest BCUT2D eigenvalue weighted by Gasteiger charge is 2.10. The molecule has 0 aromatic carbocycles. The maximum Gasteiger partial charge on any atom is 0.169 e. The number of Topliss-reactive ketones (excluding diaryl/α,β-unsaturated/α-hetero) is 1. The Hall–Kier alpha value is -1.48. The molecule has 0 saturated carbocycles. The van der Waals surface area contributed by atoms with Gasteiger partial charge < -0.3 is 0 Å². The Kier molecular flexibility index (Phi) is 2.92. The van der Waals surface area contributed by atoms with Crippen molar-refractivity contribution in [2.75, 3.05) is 0 Å². The van der Waals surface area contributed by atoms with Gasteiger partial charge in [0.25, 0.3) is 0 Å². The molecule has 0 unspecified atom stereocenters. The molecule has 0 atom stereocenters. The Bertz CT molecular complexity index is 462. The summed E-state index contributed by atoms with van der Waals surface area (Å²) < 4.78 is 0. The third-order valence-electron chi connectivity index (χ3n) is 2.22. The summed E-state index contributed by atoms with van der Waals surface area (Å²) in [7, 11) is 0. The Balaban J connectivity index is 2.19. The predicted molar refractivity (Wildman–Crippen MR) is 61.3 cm³/mol. The van der Waals surface area contributed by atoms with Crippen molar-refractivity contribution in [3.05, 3.63) is 52.0 Å². The summed E-state index contributed by atoms with van der Waals surface area (Å²) in [5, 5.41) is 1.98. The molecule has 0 amide bonds. The molecule has 0 aliphatic carbocycles. The van der Waals surface area contributed by atoms with E-state index in [1.807, 2.05) is 30.5 Å². The van der Waals surface area contributed by atoms with Gasteiger partial charge in [0.15, 0.2) is 5.78 Å². The highest BCUT2D eigenvalue weighted by Crippen LogP contribution is 2.13. The molecule has 0 bridgehead atoms. The van der Waals surface area contributed by atoms with E-state index in [9.17, 15) is 4.79 Å². The molecule has 0 aliphatic rings.